The first-order chi connectivity index (χ1) is 16.9. The van der Waals surface area contributed by atoms with Gasteiger partial charge in [-0.2, -0.15) is 11.3 Å². The van der Waals surface area contributed by atoms with E-state index < -0.39 is 23.3 Å². The molecule has 1 amide bonds. The molecule has 9 heteroatoms. The molecule has 2 aromatic carbocycles. The third-order valence-electron chi connectivity index (χ3n) is 5.60. The molecule has 0 spiro atoms. The summed E-state index contributed by atoms with van der Waals surface area (Å²) in [7, 11) is 0. The summed E-state index contributed by atoms with van der Waals surface area (Å²) >= 11 is 7.59. The molecule has 1 unspecified atom stereocenters. The Labute approximate surface area is 209 Å². The van der Waals surface area contributed by atoms with Gasteiger partial charge in [-0.1, -0.05) is 29.8 Å². The van der Waals surface area contributed by atoms with Crippen LogP contribution in [0.1, 0.15) is 17.7 Å². The van der Waals surface area contributed by atoms with Crippen LogP contribution in [0, 0.1) is 5.82 Å². The predicted octanol–water partition coefficient (Wildman–Crippen LogP) is 5.51. The fraction of sp³-hybridized carbons (Fsp3) is 0.115. The molecule has 0 bridgehead atoms. The zero-order valence-corrected chi connectivity index (χ0v) is 19.7. The minimum Gasteiger partial charge on any atom is -0.471 e. The molecule has 0 saturated carbocycles. The van der Waals surface area contributed by atoms with E-state index in [1.165, 1.54) is 35.6 Å². The molecular weight excluding hydrogens is 491 g/mol. The number of halogens is 2. The number of ether oxygens (including phenoxy) is 2. The molecule has 1 fully saturated rings. The summed E-state index contributed by atoms with van der Waals surface area (Å²) in [6.45, 7) is 0. The normalized spacial score (nSPS) is 19.8. The van der Waals surface area contributed by atoms with E-state index in [2.05, 4.69) is 10.3 Å². The number of para-hydroxylation sites is 1. The molecule has 35 heavy (non-hydrogen) atoms. The van der Waals surface area contributed by atoms with Crippen molar-refractivity contribution in [2.24, 2.45) is 0 Å². The Morgan fingerprint density at radius 2 is 1.83 bits per heavy atom. The fourth-order valence-electron chi connectivity index (χ4n) is 3.92. The van der Waals surface area contributed by atoms with Crippen molar-refractivity contribution in [1.82, 2.24) is 10.3 Å². The number of carbonyl (C=O) groups is 2. The smallest absolute Gasteiger partial charge is 0.269 e. The number of ketones is 1. The second-order valence-electron chi connectivity index (χ2n) is 7.90. The number of benzene rings is 2. The minimum absolute atomic E-state index is 0.0857. The van der Waals surface area contributed by atoms with Gasteiger partial charge >= 0.3 is 0 Å². The Bertz CT molecular complexity index is 1360. The topological polar surface area (TPSA) is 77.5 Å². The molecule has 2 aromatic heterocycles. The molecule has 1 N–H and O–H groups in total. The highest BCUT2D eigenvalue weighted by Gasteiger charge is 2.49. The van der Waals surface area contributed by atoms with Crippen LogP contribution < -0.4 is 14.8 Å². The molecule has 1 aliphatic rings. The maximum absolute atomic E-state index is 13.3. The maximum Gasteiger partial charge on any atom is 0.269 e. The molecule has 3 heterocycles. The van der Waals surface area contributed by atoms with Crippen LogP contribution in [0.5, 0.6) is 17.4 Å². The Balaban J connectivity index is 1.48. The van der Waals surface area contributed by atoms with E-state index in [9.17, 15) is 14.0 Å². The molecule has 0 aliphatic carbocycles. The first-order valence-corrected chi connectivity index (χ1v) is 12.0. The first kappa shape index (κ1) is 23.0. The highest BCUT2D eigenvalue weighted by molar-refractivity contribution is 7.08. The quantitative estimate of drug-likeness (QED) is 0.348. The van der Waals surface area contributed by atoms with Gasteiger partial charge in [0.05, 0.1) is 10.7 Å². The lowest BCUT2D eigenvalue weighted by Crippen LogP contribution is -2.60. The summed E-state index contributed by atoms with van der Waals surface area (Å²) < 4.78 is 24.7. The van der Waals surface area contributed by atoms with Gasteiger partial charge in [0.15, 0.2) is 5.78 Å². The van der Waals surface area contributed by atoms with Crippen LogP contribution in [0.2, 0.25) is 5.02 Å². The average Bonchev–Trinajstić information content (AvgIpc) is 3.40. The van der Waals surface area contributed by atoms with Crippen molar-refractivity contribution in [2.45, 2.75) is 18.1 Å². The van der Waals surface area contributed by atoms with E-state index in [1.807, 2.05) is 16.8 Å². The average molecular weight is 509 g/mol. The molecule has 1 aliphatic heterocycles. The van der Waals surface area contributed by atoms with Crippen molar-refractivity contribution in [3.63, 3.8) is 0 Å². The summed E-state index contributed by atoms with van der Waals surface area (Å²) in [6.07, 6.45) is -1.43. The second kappa shape index (κ2) is 9.48. The van der Waals surface area contributed by atoms with Crippen molar-refractivity contribution in [3.05, 3.63) is 106 Å². The second-order valence-corrected chi connectivity index (χ2v) is 9.08. The number of rotatable bonds is 6. The predicted molar refractivity (Wildman–Crippen MR) is 129 cm³/mol. The van der Waals surface area contributed by atoms with E-state index >= 15 is 0 Å². The Hall–Kier alpha value is -3.75. The number of hydrogen-bond acceptors (Lipinski definition) is 6. The van der Waals surface area contributed by atoms with Crippen molar-refractivity contribution < 1.29 is 23.5 Å². The summed E-state index contributed by atoms with van der Waals surface area (Å²) in [5, 5.41) is 7.00. The molecule has 0 radical (unpaired) electrons. The number of nitrogens with zero attached hydrogens (tertiary/aromatic N) is 1. The van der Waals surface area contributed by atoms with Gasteiger partial charge in [0, 0.05) is 12.5 Å². The molecular formula is C26H18ClFN2O4S. The lowest BCUT2D eigenvalue weighted by Gasteiger charge is -2.39. The van der Waals surface area contributed by atoms with Gasteiger partial charge in [0.25, 0.3) is 5.91 Å². The fourth-order valence-corrected chi connectivity index (χ4v) is 4.83. The molecule has 6 nitrogen and oxygen atoms in total. The highest BCUT2D eigenvalue weighted by atomic mass is 35.5. The standard InChI is InChI=1S/C26H18ClFN2O4S/c27-19-4-1-2-5-21(19)34-24-20(31)14-26(30-25(24)32,16-12-13-35-15-16)22-6-3-7-23(29-22)33-18-10-8-17(28)9-11-18/h1-13,15,24H,14H2,(H,30,32)/t24-,26?/m1/s1. The number of thiophene rings is 1. The monoisotopic (exact) mass is 508 g/mol. The van der Waals surface area contributed by atoms with Crippen LogP contribution >= 0.6 is 22.9 Å². The van der Waals surface area contributed by atoms with E-state index in [4.69, 9.17) is 21.1 Å². The zero-order chi connectivity index (χ0) is 24.4. The van der Waals surface area contributed by atoms with Gasteiger partial charge in [-0.3, -0.25) is 9.59 Å². The number of carbonyl (C=O) groups excluding carboxylic acids is 2. The lowest BCUT2D eigenvalue weighted by molar-refractivity contribution is -0.144. The number of pyridine rings is 1. The summed E-state index contributed by atoms with van der Waals surface area (Å²) in [6, 6.07) is 19.1. The number of nitrogens with one attached hydrogen (secondary N) is 1. The van der Waals surface area contributed by atoms with Crippen molar-refractivity contribution in [2.75, 3.05) is 0 Å². The zero-order valence-electron chi connectivity index (χ0n) is 18.1. The van der Waals surface area contributed by atoms with Crippen LogP contribution in [-0.4, -0.2) is 22.8 Å². The number of piperidine rings is 1. The van der Waals surface area contributed by atoms with Gasteiger partial charge in [-0.15, -0.1) is 0 Å². The molecule has 2 atom stereocenters. The van der Waals surface area contributed by atoms with E-state index in [0.29, 0.717) is 22.0 Å². The number of amides is 1. The Kier molecular flexibility index (Phi) is 6.23. The van der Waals surface area contributed by atoms with Crippen LogP contribution in [0.3, 0.4) is 0 Å². The summed E-state index contributed by atoms with van der Waals surface area (Å²) in [5.74, 6) is -0.506. The van der Waals surface area contributed by atoms with Crippen LogP contribution in [0.4, 0.5) is 4.39 Å². The minimum atomic E-state index is -1.35. The van der Waals surface area contributed by atoms with E-state index in [1.54, 1.807) is 42.5 Å². The van der Waals surface area contributed by atoms with Gasteiger partial charge < -0.3 is 14.8 Å². The SMILES string of the molecule is O=C1CC(c2ccsc2)(c2cccc(Oc3ccc(F)cc3)n2)NC(=O)[C@@H]1Oc1ccccc1Cl. The van der Waals surface area contributed by atoms with Crippen molar-refractivity contribution in [3.8, 4) is 17.4 Å². The highest BCUT2D eigenvalue weighted by Crippen LogP contribution is 2.38. The largest absolute Gasteiger partial charge is 0.471 e. The molecule has 1 saturated heterocycles. The number of hydrogen-bond donors (Lipinski definition) is 1. The van der Waals surface area contributed by atoms with Crippen LogP contribution in [-0.2, 0) is 15.1 Å². The number of Topliss-reactive ketones (excluding diaryl/α,β-unsaturated/α-hetero) is 1. The number of aromatic nitrogens is 1. The van der Waals surface area contributed by atoms with Crippen molar-refractivity contribution in [1.29, 1.82) is 0 Å². The van der Waals surface area contributed by atoms with E-state index in [0.717, 1.165) is 0 Å². The molecule has 5 rings (SSSR count). The van der Waals surface area contributed by atoms with Gasteiger partial charge in [-0.25, -0.2) is 9.37 Å². The van der Waals surface area contributed by atoms with Gasteiger partial charge in [0.1, 0.15) is 22.9 Å². The molecule has 176 valence electrons. The Morgan fingerprint density at radius 1 is 1.03 bits per heavy atom. The first-order valence-electron chi connectivity index (χ1n) is 10.6. The third-order valence-corrected chi connectivity index (χ3v) is 6.59. The van der Waals surface area contributed by atoms with Gasteiger partial charge in [-0.05, 0) is 64.9 Å². The maximum atomic E-state index is 13.3. The Morgan fingerprint density at radius 3 is 2.54 bits per heavy atom. The van der Waals surface area contributed by atoms with Crippen LogP contribution in [0.25, 0.3) is 0 Å². The summed E-state index contributed by atoms with van der Waals surface area (Å²) in [5.41, 5.74) is -0.0725. The lowest BCUT2D eigenvalue weighted by atomic mass is 9.79. The van der Waals surface area contributed by atoms with Gasteiger partial charge in [0.2, 0.25) is 12.0 Å². The van der Waals surface area contributed by atoms with Crippen molar-refractivity contribution >= 4 is 34.6 Å². The van der Waals surface area contributed by atoms with E-state index in [-0.39, 0.29) is 23.9 Å². The summed E-state index contributed by atoms with van der Waals surface area (Å²) in [4.78, 5) is 31.1. The van der Waals surface area contributed by atoms with Crippen LogP contribution in [0.15, 0.2) is 83.6 Å². The third kappa shape index (κ3) is 4.62. The molecule has 4 aromatic rings.